The predicted octanol–water partition coefficient (Wildman–Crippen LogP) is 7.44. The highest BCUT2D eigenvalue weighted by Crippen LogP contribution is 2.27. The zero-order valence-corrected chi connectivity index (χ0v) is 54.2. The topological polar surface area (TPSA) is 360 Å². The summed E-state index contributed by atoms with van der Waals surface area (Å²) in [6, 6.07) is 30.1. The number of aliphatic carboxylic acids is 6. The lowest BCUT2D eigenvalue weighted by molar-refractivity contribution is -0.134. The van der Waals surface area contributed by atoms with Crippen LogP contribution in [-0.2, 0) is 80.6 Å². The van der Waals surface area contributed by atoms with Crippen LogP contribution in [0, 0.1) is 25.5 Å². The molecule has 8 N–H and O–H groups in total. The van der Waals surface area contributed by atoms with Crippen molar-refractivity contribution in [2.75, 3.05) is 49.9 Å². The Kier molecular flexibility index (Phi) is 26.1. The van der Waals surface area contributed by atoms with Crippen molar-refractivity contribution in [2.45, 2.75) is 116 Å². The number of rotatable bonds is 20. The van der Waals surface area contributed by atoms with Gasteiger partial charge < -0.3 is 60.2 Å². The second-order valence-electron chi connectivity index (χ2n) is 23.7. The van der Waals surface area contributed by atoms with Crippen LogP contribution in [0.5, 0.6) is 0 Å². The number of carboxylic acid groups (broad SMARTS) is 6. The molecule has 8 aromatic rings. The second kappa shape index (κ2) is 35.1. The van der Waals surface area contributed by atoms with E-state index < -0.39 is 35.8 Å². The van der Waals surface area contributed by atoms with Gasteiger partial charge in [-0.05, 0) is 125 Å². The molecule has 0 aliphatic carbocycles. The molecule has 2 atom stereocenters. The molecule has 4 aliphatic rings. The van der Waals surface area contributed by atoms with Crippen LogP contribution in [0.3, 0.4) is 0 Å². The van der Waals surface area contributed by atoms with Crippen LogP contribution < -0.4 is 21.8 Å². The fourth-order valence-electron chi connectivity index (χ4n) is 11.9. The van der Waals surface area contributed by atoms with E-state index in [4.69, 9.17) is 50.6 Å². The highest BCUT2D eigenvalue weighted by molar-refractivity contribution is 5.91. The highest BCUT2D eigenvalue weighted by Gasteiger charge is 2.28. The monoisotopic (exact) mass is 1350 g/mol. The molecule has 516 valence electrons. The SMILES string of the molecule is Cc1nc2n(c(=O)c1CCN1CCC(Nc3nc4ccccc4n3Cc3ccc(F)cc3)C1)CCCC2.Cc1nc2n(c(=O)c1CCN1CCC(Nc3nc4ccccc4n3Cc3ccc(F)cc3)C1)CCCC2.O=C(O)C=CC(=O)O.O=C(O)C=CC(=O)O.O=C(O)C=CC(=O)O. The van der Waals surface area contributed by atoms with E-state index >= 15 is 0 Å². The van der Waals surface area contributed by atoms with Gasteiger partial charge in [0.15, 0.2) is 0 Å². The minimum absolute atomic E-state index is 0.158. The van der Waals surface area contributed by atoms with Crippen LogP contribution in [-0.4, -0.2) is 166 Å². The summed E-state index contributed by atoms with van der Waals surface area (Å²) in [5.74, 6) is -4.42. The molecule has 28 heteroatoms. The number of likely N-dealkylation sites (tertiary alicyclic amines) is 2. The number of nitrogens with one attached hydrogen (secondary N) is 2. The maximum absolute atomic E-state index is 13.4. The molecule has 0 spiro atoms. The van der Waals surface area contributed by atoms with Crippen molar-refractivity contribution in [3.05, 3.63) is 211 Å². The largest absolute Gasteiger partial charge is 0.478 e. The van der Waals surface area contributed by atoms with Crippen LogP contribution in [0.15, 0.2) is 143 Å². The fraction of sp³-hybridized carbons (Fsp3) is 0.343. The summed E-state index contributed by atoms with van der Waals surface area (Å²) >= 11 is 0. The molecular formula is C70H78F2N12O14. The lowest BCUT2D eigenvalue weighted by atomic mass is 10.1. The number of carbonyl (C=O) groups is 6. The van der Waals surface area contributed by atoms with Gasteiger partial charge in [0.2, 0.25) is 11.9 Å². The van der Waals surface area contributed by atoms with Crippen molar-refractivity contribution < 1.29 is 68.2 Å². The lowest BCUT2D eigenvalue weighted by Crippen LogP contribution is -2.34. The normalized spacial score (nSPS) is 15.8. The number of hydrogen-bond donors (Lipinski definition) is 8. The van der Waals surface area contributed by atoms with Crippen LogP contribution in [0.2, 0.25) is 0 Å². The molecule has 98 heavy (non-hydrogen) atoms. The van der Waals surface area contributed by atoms with Crippen molar-refractivity contribution in [2.24, 2.45) is 0 Å². The molecular weight excluding hydrogens is 1270 g/mol. The maximum atomic E-state index is 13.4. The van der Waals surface area contributed by atoms with Gasteiger partial charge in [-0.1, -0.05) is 48.5 Å². The van der Waals surface area contributed by atoms with Crippen LogP contribution in [0.25, 0.3) is 22.1 Å². The summed E-state index contributed by atoms with van der Waals surface area (Å²) in [7, 11) is 0. The Balaban J connectivity index is 0.000000188. The molecule has 4 aromatic heterocycles. The number of benzene rings is 4. The van der Waals surface area contributed by atoms with E-state index in [1.165, 1.54) is 24.3 Å². The summed E-state index contributed by atoms with van der Waals surface area (Å²) < 4.78 is 35.0. The van der Waals surface area contributed by atoms with E-state index in [2.05, 4.69) is 41.7 Å². The summed E-state index contributed by atoms with van der Waals surface area (Å²) in [5.41, 5.74) is 9.88. The third-order valence-electron chi connectivity index (χ3n) is 16.7. The van der Waals surface area contributed by atoms with Crippen LogP contribution in [0.4, 0.5) is 20.7 Å². The Morgan fingerprint density at radius 1 is 0.469 bits per heavy atom. The number of fused-ring (bicyclic) bond motifs is 4. The number of aryl methyl sites for hydroxylation is 4. The van der Waals surface area contributed by atoms with Crippen LogP contribution in [0.1, 0.15) is 83.8 Å². The zero-order valence-electron chi connectivity index (χ0n) is 54.2. The second-order valence-corrected chi connectivity index (χ2v) is 23.7. The van der Waals surface area contributed by atoms with E-state index in [9.17, 15) is 47.1 Å². The molecule has 0 amide bonds. The van der Waals surface area contributed by atoms with Crippen molar-refractivity contribution >= 4 is 69.8 Å². The first kappa shape index (κ1) is 72.8. The highest BCUT2D eigenvalue weighted by atomic mass is 19.1. The van der Waals surface area contributed by atoms with Gasteiger partial charge in [0.1, 0.15) is 23.3 Å². The third kappa shape index (κ3) is 21.2. The molecule has 4 aliphatic heterocycles. The number of imidazole rings is 2. The Bertz CT molecular complexity index is 4020. The summed E-state index contributed by atoms with van der Waals surface area (Å²) in [6.45, 7) is 12.2. The van der Waals surface area contributed by atoms with E-state index in [0.717, 1.165) is 196 Å². The summed E-state index contributed by atoms with van der Waals surface area (Å²) in [5, 5.41) is 54.2. The maximum Gasteiger partial charge on any atom is 0.328 e. The van der Waals surface area contributed by atoms with Gasteiger partial charge in [-0.15, -0.1) is 0 Å². The smallest absolute Gasteiger partial charge is 0.328 e. The molecule has 2 fully saturated rings. The molecule has 12 rings (SSSR count). The lowest BCUT2D eigenvalue weighted by Gasteiger charge is -2.21. The first-order valence-electron chi connectivity index (χ1n) is 32.0. The minimum Gasteiger partial charge on any atom is -0.478 e. The zero-order chi connectivity index (χ0) is 70.4. The molecule has 2 saturated heterocycles. The fourth-order valence-corrected chi connectivity index (χ4v) is 11.9. The Labute approximate surface area is 561 Å². The van der Waals surface area contributed by atoms with E-state index in [1.54, 1.807) is 0 Å². The van der Waals surface area contributed by atoms with E-state index in [1.807, 2.05) is 83.6 Å². The van der Waals surface area contributed by atoms with Crippen molar-refractivity contribution in [1.29, 1.82) is 0 Å². The van der Waals surface area contributed by atoms with Gasteiger partial charge in [0.25, 0.3) is 11.1 Å². The Hall–Kier alpha value is -11.0. The quantitative estimate of drug-likeness (QED) is 0.0343. The molecule has 0 bridgehead atoms. The standard InChI is InChI=1S/2C29H33FN6O.3C4H4O4/c2*1-20-24(28(37)35-15-5-4-8-27(35)31-20)14-17-34-16-13-23(19-34)32-29-33-25-6-2-3-7-26(25)36(29)18-21-9-11-22(30)12-10-21;3*5-3(6)1-2-4(7)8/h2*2-3,6-7,9-12,23H,4-5,8,13-19H2,1H3,(H,32,33);3*1-2H,(H,5,6)(H,7,8). The first-order valence-corrected chi connectivity index (χ1v) is 32.0. The van der Waals surface area contributed by atoms with E-state index in [-0.39, 0.29) is 34.8 Å². The number of nitrogens with zero attached hydrogens (tertiary/aromatic N) is 10. The summed E-state index contributed by atoms with van der Waals surface area (Å²) in [4.78, 5) is 108. The number of aromatic nitrogens is 8. The van der Waals surface area contributed by atoms with E-state index in [0.29, 0.717) is 49.5 Å². The average Bonchev–Trinajstić information content (AvgIpc) is 1.11. The van der Waals surface area contributed by atoms with Gasteiger partial charge in [-0.2, -0.15) is 0 Å². The van der Waals surface area contributed by atoms with Crippen molar-refractivity contribution in [3.63, 3.8) is 0 Å². The molecule has 0 radical (unpaired) electrons. The number of carboxylic acids is 6. The van der Waals surface area contributed by atoms with Crippen LogP contribution >= 0.6 is 0 Å². The minimum atomic E-state index is -1.26. The molecule has 26 nitrogen and oxygen atoms in total. The Morgan fingerprint density at radius 2 is 0.806 bits per heavy atom. The number of anilines is 2. The number of halogens is 2. The van der Waals surface area contributed by atoms with Crippen molar-refractivity contribution in [1.82, 2.24) is 48.0 Å². The Morgan fingerprint density at radius 3 is 1.14 bits per heavy atom. The molecule has 0 saturated carbocycles. The first-order chi connectivity index (χ1) is 47.0. The average molecular weight is 1350 g/mol. The van der Waals surface area contributed by atoms with Gasteiger partial charge in [-0.3, -0.25) is 18.7 Å². The third-order valence-corrected chi connectivity index (χ3v) is 16.7. The van der Waals surface area contributed by atoms with Gasteiger partial charge >= 0.3 is 35.8 Å². The van der Waals surface area contributed by atoms with Gasteiger partial charge in [0, 0.05) is 136 Å². The summed E-state index contributed by atoms with van der Waals surface area (Å²) in [6.07, 6.45) is 13.0. The molecule has 2 unspecified atom stereocenters. The predicted molar refractivity (Wildman–Crippen MR) is 360 cm³/mol. The van der Waals surface area contributed by atoms with Gasteiger partial charge in [-0.25, -0.2) is 57.5 Å². The van der Waals surface area contributed by atoms with Gasteiger partial charge in [0.05, 0.1) is 35.2 Å². The number of para-hydroxylation sites is 4. The van der Waals surface area contributed by atoms with Crippen molar-refractivity contribution in [3.8, 4) is 0 Å². The number of hydrogen-bond acceptors (Lipinski definition) is 16. The molecule has 4 aromatic carbocycles. The molecule has 8 heterocycles.